The zero-order valence-corrected chi connectivity index (χ0v) is 9.61. The molecule has 1 rings (SSSR count). The number of aliphatic hydroxyl groups excluding tert-OH is 1. The summed E-state index contributed by atoms with van der Waals surface area (Å²) in [6.45, 7) is 5.26. The monoisotopic (exact) mass is 214 g/mol. The summed E-state index contributed by atoms with van der Waals surface area (Å²) < 4.78 is 4.68. The van der Waals surface area contributed by atoms with Crippen molar-refractivity contribution in [3.63, 3.8) is 0 Å². The number of aliphatic hydroxyl groups is 1. The highest BCUT2D eigenvalue weighted by molar-refractivity contribution is 5.81. The van der Waals surface area contributed by atoms with Crippen molar-refractivity contribution in [2.75, 3.05) is 7.11 Å². The zero-order chi connectivity index (χ0) is 11.8. The summed E-state index contributed by atoms with van der Waals surface area (Å²) in [7, 11) is 1.36. The van der Waals surface area contributed by atoms with Gasteiger partial charge in [-0.1, -0.05) is 13.8 Å². The fraction of sp³-hybridized carbons (Fsp3) is 0.818. The van der Waals surface area contributed by atoms with E-state index < -0.39 is 6.10 Å². The van der Waals surface area contributed by atoms with Crippen LogP contribution in [0.4, 0.5) is 0 Å². The van der Waals surface area contributed by atoms with Crippen LogP contribution in [0.3, 0.4) is 0 Å². The number of esters is 1. The van der Waals surface area contributed by atoms with Gasteiger partial charge in [0, 0.05) is 0 Å². The largest absolute Gasteiger partial charge is 0.469 e. The molecule has 1 aliphatic carbocycles. The lowest BCUT2D eigenvalue weighted by atomic mass is 10.0. The Kier molecular flexibility index (Phi) is 3.19. The summed E-state index contributed by atoms with van der Waals surface area (Å²) in [5.74, 6) is -0.637. The quantitative estimate of drug-likeness (QED) is 0.702. The molecule has 15 heavy (non-hydrogen) atoms. The summed E-state index contributed by atoms with van der Waals surface area (Å²) in [5.41, 5.74) is -0.163. The molecule has 0 heterocycles. The van der Waals surface area contributed by atoms with E-state index >= 15 is 0 Å². The van der Waals surface area contributed by atoms with Gasteiger partial charge in [-0.25, -0.2) is 0 Å². The molecule has 86 valence electrons. The van der Waals surface area contributed by atoms with Crippen molar-refractivity contribution in [3.8, 4) is 0 Å². The van der Waals surface area contributed by atoms with E-state index in [1.807, 2.05) is 13.8 Å². The second-order valence-electron chi connectivity index (χ2n) is 4.79. The number of methoxy groups -OCH3 is 1. The summed E-state index contributed by atoms with van der Waals surface area (Å²) >= 11 is 0. The topological polar surface area (TPSA) is 63.6 Å². The Morgan fingerprint density at radius 3 is 2.40 bits per heavy atom. The molecule has 1 fully saturated rings. The van der Waals surface area contributed by atoms with Crippen molar-refractivity contribution in [1.29, 1.82) is 0 Å². The van der Waals surface area contributed by atoms with Crippen LogP contribution in [-0.2, 0) is 14.3 Å². The normalized spacial score (nSPS) is 29.4. The van der Waals surface area contributed by atoms with E-state index in [1.165, 1.54) is 14.0 Å². The highest BCUT2D eigenvalue weighted by Crippen LogP contribution is 2.60. The minimum absolute atomic E-state index is 0.0452. The van der Waals surface area contributed by atoms with Gasteiger partial charge in [0.1, 0.15) is 6.10 Å². The number of ketones is 1. The van der Waals surface area contributed by atoms with Gasteiger partial charge in [-0.15, -0.1) is 0 Å². The molecular formula is C11H18O4. The van der Waals surface area contributed by atoms with Gasteiger partial charge in [0.25, 0.3) is 0 Å². The molecule has 0 radical (unpaired) electrons. The molecule has 0 spiro atoms. The molecule has 4 nitrogen and oxygen atoms in total. The molecule has 1 N–H and O–H groups in total. The Hall–Kier alpha value is -0.900. The highest BCUT2D eigenvalue weighted by Gasteiger charge is 2.62. The van der Waals surface area contributed by atoms with Gasteiger partial charge in [0.2, 0.25) is 0 Å². The number of carbonyl (C=O) groups excluding carboxylic acids is 2. The van der Waals surface area contributed by atoms with Gasteiger partial charge in [-0.3, -0.25) is 9.59 Å². The second kappa shape index (κ2) is 3.93. The standard InChI is InChI=1S/C11H18O4/c1-6(12)8(13)5-7-9(10(14)15-4)11(7,2)3/h7-9,13H,5H2,1-4H3/t7-,8+,9-/m1/s1. The number of hydrogen-bond donors (Lipinski definition) is 1. The Labute approximate surface area is 89.6 Å². The van der Waals surface area contributed by atoms with Crippen LogP contribution >= 0.6 is 0 Å². The second-order valence-corrected chi connectivity index (χ2v) is 4.79. The molecule has 0 bridgehead atoms. The van der Waals surface area contributed by atoms with E-state index in [0.29, 0.717) is 6.42 Å². The minimum Gasteiger partial charge on any atom is -0.469 e. The van der Waals surface area contributed by atoms with E-state index in [4.69, 9.17) is 0 Å². The first-order valence-corrected chi connectivity index (χ1v) is 5.08. The molecule has 0 aromatic heterocycles. The average Bonchev–Trinajstić information content (AvgIpc) is 2.67. The van der Waals surface area contributed by atoms with Gasteiger partial charge >= 0.3 is 5.97 Å². The zero-order valence-electron chi connectivity index (χ0n) is 9.61. The van der Waals surface area contributed by atoms with E-state index in [2.05, 4.69) is 4.74 Å². The smallest absolute Gasteiger partial charge is 0.309 e. The van der Waals surface area contributed by atoms with Crippen LogP contribution < -0.4 is 0 Å². The first kappa shape index (κ1) is 12.2. The first-order chi connectivity index (χ1) is 6.82. The van der Waals surface area contributed by atoms with Gasteiger partial charge < -0.3 is 9.84 Å². The Morgan fingerprint density at radius 2 is 2.00 bits per heavy atom. The molecule has 0 unspecified atom stereocenters. The molecule has 0 saturated heterocycles. The number of hydrogen-bond acceptors (Lipinski definition) is 4. The molecule has 4 heteroatoms. The lowest BCUT2D eigenvalue weighted by Crippen LogP contribution is -2.18. The third kappa shape index (κ3) is 2.20. The Balaban J connectivity index is 2.59. The fourth-order valence-corrected chi connectivity index (χ4v) is 2.19. The molecule has 0 amide bonds. The molecule has 0 aliphatic heterocycles. The molecular weight excluding hydrogens is 196 g/mol. The fourth-order valence-electron chi connectivity index (χ4n) is 2.19. The maximum Gasteiger partial charge on any atom is 0.309 e. The summed E-state index contributed by atoms with van der Waals surface area (Å²) in [6, 6.07) is 0. The van der Waals surface area contributed by atoms with Gasteiger partial charge in [0.15, 0.2) is 5.78 Å². The maximum absolute atomic E-state index is 11.4. The van der Waals surface area contributed by atoms with Crippen molar-refractivity contribution in [1.82, 2.24) is 0 Å². The van der Waals surface area contributed by atoms with Crippen molar-refractivity contribution in [2.24, 2.45) is 17.3 Å². The number of carbonyl (C=O) groups is 2. The van der Waals surface area contributed by atoms with Crippen LogP contribution in [0.2, 0.25) is 0 Å². The predicted octanol–water partition coefficient (Wildman–Crippen LogP) is 0.772. The number of ether oxygens (including phenoxy) is 1. The third-order valence-electron chi connectivity index (χ3n) is 3.45. The minimum atomic E-state index is -0.955. The van der Waals surface area contributed by atoms with Crippen molar-refractivity contribution in [3.05, 3.63) is 0 Å². The van der Waals surface area contributed by atoms with Crippen molar-refractivity contribution >= 4 is 11.8 Å². The van der Waals surface area contributed by atoms with Crippen LogP contribution in [0, 0.1) is 17.3 Å². The van der Waals surface area contributed by atoms with Crippen molar-refractivity contribution < 1.29 is 19.4 Å². The van der Waals surface area contributed by atoms with Crippen LogP contribution in [-0.4, -0.2) is 30.1 Å². The molecule has 1 aliphatic rings. The predicted molar refractivity (Wildman–Crippen MR) is 54.1 cm³/mol. The number of Topliss-reactive ketones (excluding diaryl/α,β-unsaturated/α-hetero) is 1. The molecule has 0 aromatic carbocycles. The van der Waals surface area contributed by atoms with Crippen LogP contribution in [0.25, 0.3) is 0 Å². The SMILES string of the molecule is COC(=O)[C@H]1[C@@H](C[C@H](O)C(C)=O)C1(C)C. The molecule has 3 atom stereocenters. The highest BCUT2D eigenvalue weighted by atomic mass is 16.5. The summed E-state index contributed by atoms with van der Waals surface area (Å²) in [4.78, 5) is 22.3. The van der Waals surface area contributed by atoms with Gasteiger partial charge in [0.05, 0.1) is 13.0 Å². The van der Waals surface area contributed by atoms with Gasteiger partial charge in [-0.05, 0) is 24.7 Å². The average molecular weight is 214 g/mol. The number of rotatable bonds is 4. The maximum atomic E-state index is 11.4. The van der Waals surface area contributed by atoms with E-state index in [-0.39, 0.29) is 29.0 Å². The lowest BCUT2D eigenvalue weighted by Gasteiger charge is -2.06. The summed E-state index contributed by atoms with van der Waals surface area (Å²) in [5, 5.41) is 9.44. The van der Waals surface area contributed by atoms with E-state index in [0.717, 1.165) is 0 Å². The Morgan fingerprint density at radius 1 is 1.47 bits per heavy atom. The Bertz CT molecular complexity index is 282. The van der Waals surface area contributed by atoms with Crippen LogP contribution in [0.15, 0.2) is 0 Å². The lowest BCUT2D eigenvalue weighted by molar-refractivity contribution is -0.143. The van der Waals surface area contributed by atoms with Crippen molar-refractivity contribution in [2.45, 2.75) is 33.3 Å². The van der Waals surface area contributed by atoms with E-state index in [9.17, 15) is 14.7 Å². The van der Waals surface area contributed by atoms with Crippen LogP contribution in [0.1, 0.15) is 27.2 Å². The van der Waals surface area contributed by atoms with E-state index in [1.54, 1.807) is 0 Å². The first-order valence-electron chi connectivity index (χ1n) is 5.08. The third-order valence-corrected chi connectivity index (χ3v) is 3.45. The molecule has 1 saturated carbocycles. The van der Waals surface area contributed by atoms with Gasteiger partial charge in [-0.2, -0.15) is 0 Å². The summed E-state index contributed by atoms with van der Waals surface area (Å²) in [6.07, 6.45) is -0.605. The molecule has 0 aromatic rings. The van der Waals surface area contributed by atoms with Crippen LogP contribution in [0.5, 0.6) is 0 Å².